The van der Waals surface area contributed by atoms with Crippen LogP contribution in [0.5, 0.6) is 5.75 Å². The molecule has 2 N–H and O–H groups in total. The molecule has 0 radical (unpaired) electrons. The number of halogens is 1. The molecule has 1 unspecified atom stereocenters. The Morgan fingerprint density at radius 2 is 1.95 bits per heavy atom. The topological polar surface area (TPSA) is 50.4 Å². The molecule has 2 aromatic rings. The molecule has 0 aliphatic rings. The normalized spacial score (nSPS) is 12.1. The van der Waals surface area contributed by atoms with Crippen LogP contribution in [0.3, 0.4) is 0 Å². The van der Waals surface area contributed by atoms with Crippen molar-refractivity contribution in [2.24, 2.45) is 0 Å². The Hall–Kier alpha value is -1.59. The van der Waals surface area contributed by atoms with Crippen LogP contribution < -0.4 is 15.4 Å². The van der Waals surface area contributed by atoms with Gasteiger partial charge >= 0.3 is 0 Å². The largest absolute Gasteiger partial charge is 0.484 e. The molecule has 0 spiro atoms. The predicted molar refractivity (Wildman–Crippen MR) is 88.7 cm³/mol. The number of amides is 1. The fourth-order valence-corrected chi connectivity index (χ4v) is 2.23. The van der Waals surface area contributed by atoms with Crippen molar-refractivity contribution in [3.05, 3.63) is 40.9 Å². The van der Waals surface area contributed by atoms with Gasteiger partial charge in [0.1, 0.15) is 5.75 Å². The monoisotopic (exact) mass is 350 g/mol. The molecule has 0 aromatic heterocycles. The maximum absolute atomic E-state index is 11.7. The molecule has 2 rings (SSSR count). The van der Waals surface area contributed by atoms with Crippen molar-refractivity contribution in [1.29, 1.82) is 0 Å². The molecular formula is C16H19BrN2O2. The van der Waals surface area contributed by atoms with Crippen molar-refractivity contribution in [3.63, 3.8) is 0 Å². The van der Waals surface area contributed by atoms with E-state index in [9.17, 15) is 4.79 Å². The second-order valence-corrected chi connectivity index (χ2v) is 5.85. The Morgan fingerprint density at radius 3 is 2.71 bits per heavy atom. The van der Waals surface area contributed by atoms with Crippen LogP contribution in [0, 0.1) is 0 Å². The van der Waals surface area contributed by atoms with Gasteiger partial charge in [-0.3, -0.25) is 4.79 Å². The molecule has 0 aliphatic heterocycles. The van der Waals surface area contributed by atoms with Gasteiger partial charge in [0.15, 0.2) is 6.61 Å². The maximum Gasteiger partial charge on any atom is 0.257 e. The number of rotatable bonds is 6. The van der Waals surface area contributed by atoms with E-state index in [-0.39, 0.29) is 18.6 Å². The van der Waals surface area contributed by atoms with Gasteiger partial charge in [-0.15, -0.1) is 0 Å². The molecule has 0 heterocycles. The molecule has 5 heteroatoms. The van der Waals surface area contributed by atoms with Crippen LogP contribution in [0.4, 0.5) is 0 Å². The van der Waals surface area contributed by atoms with Crippen LogP contribution in [0.25, 0.3) is 10.8 Å². The summed E-state index contributed by atoms with van der Waals surface area (Å²) in [6.45, 7) is 2.62. The predicted octanol–water partition coefficient (Wildman–Crippen LogP) is 2.71. The molecule has 112 valence electrons. The molecular weight excluding hydrogens is 332 g/mol. The molecule has 0 bridgehead atoms. The number of carbonyl (C=O) groups excluding carboxylic acids is 1. The first-order chi connectivity index (χ1) is 10.1. The third-order valence-corrected chi connectivity index (χ3v) is 3.74. The van der Waals surface area contributed by atoms with Gasteiger partial charge in [0, 0.05) is 17.1 Å². The van der Waals surface area contributed by atoms with E-state index in [2.05, 4.69) is 26.6 Å². The SMILES string of the molecule is CNC(C)CNC(=O)COc1ccc2cc(Br)ccc2c1. The molecule has 4 nitrogen and oxygen atoms in total. The standard InChI is InChI=1S/C16H19BrN2O2/c1-11(18-2)9-19-16(20)10-21-15-6-4-12-7-14(17)5-3-13(12)8-15/h3-8,11,18H,9-10H2,1-2H3,(H,19,20). The van der Waals surface area contributed by atoms with Crippen LogP contribution in [-0.2, 0) is 4.79 Å². The highest BCUT2D eigenvalue weighted by molar-refractivity contribution is 9.10. The van der Waals surface area contributed by atoms with Gasteiger partial charge in [0.25, 0.3) is 5.91 Å². The Balaban J connectivity index is 1.91. The Morgan fingerprint density at radius 1 is 1.24 bits per heavy atom. The summed E-state index contributed by atoms with van der Waals surface area (Å²) >= 11 is 3.45. The first-order valence-electron chi connectivity index (χ1n) is 6.84. The number of hydrogen-bond donors (Lipinski definition) is 2. The molecule has 0 aliphatic carbocycles. The summed E-state index contributed by atoms with van der Waals surface area (Å²) in [7, 11) is 1.86. The lowest BCUT2D eigenvalue weighted by atomic mass is 10.1. The number of nitrogens with one attached hydrogen (secondary N) is 2. The zero-order chi connectivity index (χ0) is 15.2. The summed E-state index contributed by atoms with van der Waals surface area (Å²) in [5, 5.41) is 8.09. The Kier molecular flexibility index (Phi) is 5.59. The molecule has 21 heavy (non-hydrogen) atoms. The average Bonchev–Trinajstić information content (AvgIpc) is 2.50. The van der Waals surface area contributed by atoms with Crippen molar-refractivity contribution in [1.82, 2.24) is 10.6 Å². The smallest absolute Gasteiger partial charge is 0.257 e. The van der Waals surface area contributed by atoms with Crippen molar-refractivity contribution >= 4 is 32.6 Å². The number of hydrogen-bond acceptors (Lipinski definition) is 3. The maximum atomic E-state index is 11.7. The van der Waals surface area contributed by atoms with Gasteiger partial charge in [-0.1, -0.05) is 28.1 Å². The zero-order valence-electron chi connectivity index (χ0n) is 12.2. The Bertz CT molecular complexity index is 631. The summed E-state index contributed by atoms with van der Waals surface area (Å²) in [5.74, 6) is 0.578. The summed E-state index contributed by atoms with van der Waals surface area (Å²) in [6, 6.07) is 12.1. The highest BCUT2D eigenvalue weighted by atomic mass is 79.9. The van der Waals surface area contributed by atoms with Crippen LogP contribution in [0.1, 0.15) is 6.92 Å². The highest BCUT2D eigenvalue weighted by Gasteiger charge is 2.05. The first-order valence-corrected chi connectivity index (χ1v) is 7.64. The molecule has 1 amide bonds. The molecule has 0 saturated carbocycles. The fourth-order valence-electron chi connectivity index (χ4n) is 1.85. The minimum absolute atomic E-state index is 0.0263. The van der Waals surface area contributed by atoms with E-state index in [1.807, 2.05) is 50.4 Å². The summed E-state index contributed by atoms with van der Waals surface area (Å²) in [5.41, 5.74) is 0. The second kappa shape index (κ2) is 7.43. The third kappa shape index (κ3) is 4.72. The summed E-state index contributed by atoms with van der Waals surface area (Å²) < 4.78 is 6.57. The number of likely N-dealkylation sites (N-methyl/N-ethyl adjacent to an activating group) is 1. The van der Waals surface area contributed by atoms with Gasteiger partial charge in [-0.25, -0.2) is 0 Å². The van der Waals surface area contributed by atoms with Crippen molar-refractivity contribution in [3.8, 4) is 5.75 Å². The van der Waals surface area contributed by atoms with Gasteiger partial charge < -0.3 is 15.4 Å². The summed E-state index contributed by atoms with van der Waals surface area (Å²) in [4.78, 5) is 11.7. The van der Waals surface area contributed by atoms with Gasteiger partial charge in [-0.05, 0) is 49.0 Å². The van der Waals surface area contributed by atoms with E-state index in [0.717, 1.165) is 15.2 Å². The van der Waals surface area contributed by atoms with Crippen LogP contribution >= 0.6 is 15.9 Å². The average molecular weight is 351 g/mol. The van der Waals surface area contributed by atoms with E-state index in [4.69, 9.17) is 4.74 Å². The summed E-state index contributed by atoms with van der Waals surface area (Å²) in [6.07, 6.45) is 0. The molecule has 0 saturated heterocycles. The van der Waals surface area contributed by atoms with E-state index in [1.165, 1.54) is 0 Å². The van der Waals surface area contributed by atoms with E-state index in [0.29, 0.717) is 12.3 Å². The van der Waals surface area contributed by atoms with E-state index in [1.54, 1.807) is 0 Å². The zero-order valence-corrected chi connectivity index (χ0v) is 13.7. The molecule has 0 fully saturated rings. The van der Waals surface area contributed by atoms with Crippen molar-refractivity contribution in [2.75, 3.05) is 20.2 Å². The quantitative estimate of drug-likeness (QED) is 0.842. The van der Waals surface area contributed by atoms with Crippen LogP contribution in [-0.4, -0.2) is 32.1 Å². The van der Waals surface area contributed by atoms with Gasteiger partial charge in [-0.2, -0.15) is 0 Å². The minimum Gasteiger partial charge on any atom is -0.484 e. The lowest BCUT2D eigenvalue weighted by molar-refractivity contribution is -0.123. The molecule has 1 atom stereocenters. The Labute approximate surface area is 133 Å². The number of ether oxygens (including phenoxy) is 1. The minimum atomic E-state index is -0.118. The number of fused-ring (bicyclic) bond motifs is 1. The number of benzene rings is 2. The highest BCUT2D eigenvalue weighted by Crippen LogP contribution is 2.24. The van der Waals surface area contributed by atoms with E-state index < -0.39 is 0 Å². The van der Waals surface area contributed by atoms with Gasteiger partial charge in [0.2, 0.25) is 0 Å². The van der Waals surface area contributed by atoms with Crippen LogP contribution in [0.2, 0.25) is 0 Å². The van der Waals surface area contributed by atoms with Gasteiger partial charge in [0.05, 0.1) is 0 Å². The van der Waals surface area contributed by atoms with Crippen molar-refractivity contribution in [2.45, 2.75) is 13.0 Å². The third-order valence-electron chi connectivity index (χ3n) is 3.24. The number of carbonyl (C=O) groups is 1. The lowest BCUT2D eigenvalue weighted by Gasteiger charge is -2.12. The van der Waals surface area contributed by atoms with E-state index >= 15 is 0 Å². The first kappa shape index (κ1) is 15.8. The lowest BCUT2D eigenvalue weighted by Crippen LogP contribution is -2.39. The van der Waals surface area contributed by atoms with Crippen LogP contribution in [0.15, 0.2) is 40.9 Å². The molecule has 2 aromatic carbocycles. The second-order valence-electron chi connectivity index (χ2n) is 4.94. The fraction of sp³-hybridized carbons (Fsp3) is 0.312. The van der Waals surface area contributed by atoms with Crippen molar-refractivity contribution < 1.29 is 9.53 Å².